The van der Waals surface area contributed by atoms with Gasteiger partial charge in [0.1, 0.15) is 17.4 Å². The molecule has 0 radical (unpaired) electrons. The van der Waals surface area contributed by atoms with E-state index in [4.69, 9.17) is 4.42 Å². The first-order chi connectivity index (χ1) is 8.65. The molecular formula is C14H12BrFO2. The zero-order chi connectivity index (χ0) is 13.0. The molecule has 0 spiro atoms. The van der Waals surface area contributed by atoms with Gasteiger partial charge in [0.25, 0.3) is 0 Å². The number of furan rings is 1. The number of aryl methyl sites for hydroxylation is 1. The van der Waals surface area contributed by atoms with Crippen LogP contribution in [0, 0.1) is 5.82 Å². The maximum absolute atomic E-state index is 12.9. The molecule has 0 saturated heterocycles. The molecule has 0 saturated carbocycles. The van der Waals surface area contributed by atoms with Crippen molar-refractivity contribution < 1.29 is 13.6 Å². The van der Waals surface area contributed by atoms with Crippen LogP contribution in [0.5, 0.6) is 0 Å². The van der Waals surface area contributed by atoms with Gasteiger partial charge in [0, 0.05) is 23.7 Å². The Labute approximate surface area is 113 Å². The Hall–Kier alpha value is -1.42. The van der Waals surface area contributed by atoms with Crippen molar-refractivity contribution in [2.45, 2.75) is 19.3 Å². The number of halogens is 2. The molecule has 0 N–H and O–H groups in total. The third kappa shape index (κ3) is 3.53. The standard InChI is InChI=1S/C14H12BrFO2/c15-14-9-11(16)4-3-10(14)8-12(17)5-6-13-2-1-7-18-13/h1-4,7,9H,5-6,8H2. The average molecular weight is 311 g/mol. The summed E-state index contributed by atoms with van der Waals surface area (Å²) >= 11 is 3.25. The van der Waals surface area contributed by atoms with Gasteiger partial charge < -0.3 is 4.42 Å². The molecule has 94 valence electrons. The van der Waals surface area contributed by atoms with Crippen molar-refractivity contribution in [3.63, 3.8) is 0 Å². The normalized spacial score (nSPS) is 10.6. The number of rotatable bonds is 5. The Morgan fingerprint density at radius 2 is 2.17 bits per heavy atom. The lowest BCUT2D eigenvalue weighted by molar-refractivity contribution is -0.118. The van der Waals surface area contributed by atoms with E-state index in [2.05, 4.69) is 15.9 Å². The third-order valence-corrected chi connectivity index (χ3v) is 3.37. The van der Waals surface area contributed by atoms with Gasteiger partial charge in [-0.2, -0.15) is 0 Å². The largest absolute Gasteiger partial charge is 0.469 e. The number of carbonyl (C=O) groups excluding carboxylic acids is 1. The smallest absolute Gasteiger partial charge is 0.137 e. The minimum absolute atomic E-state index is 0.110. The van der Waals surface area contributed by atoms with Crippen molar-refractivity contribution in [2.75, 3.05) is 0 Å². The fourth-order valence-corrected chi connectivity index (χ4v) is 2.17. The van der Waals surface area contributed by atoms with E-state index in [0.29, 0.717) is 23.7 Å². The monoisotopic (exact) mass is 310 g/mol. The van der Waals surface area contributed by atoms with E-state index in [1.807, 2.05) is 6.07 Å². The number of hydrogen-bond donors (Lipinski definition) is 0. The van der Waals surface area contributed by atoms with Gasteiger partial charge in [0.15, 0.2) is 0 Å². The second-order valence-corrected chi connectivity index (χ2v) is 4.88. The van der Waals surface area contributed by atoms with Crippen molar-refractivity contribution in [2.24, 2.45) is 0 Å². The molecule has 0 bridgehead atoms. The fraction of sp³-hybridized carbons (Fsp3) is 0.214. The number of hydrogen-bond acceptors (Lipinski definition) is 2. The quantitative estimate of drug-likeness (QED) is 0.837. The van der Waals surface area contributed by atoms with Gasteiger partial charge in [-0.3, -0.25) is 4.79 Å². The molecule has 2 nitrogen and oxygen atoms in total. The molecule has 1 heterocycles. The lowest BCUT2D eigenvalue weighted by Gasteiger charge is -2.03. The lowest BCUT2D eigenvalue weighted by atomic mass is 10.1. The summed E-state index contributed by atoms with van der Waals surface area (Å²) in [5, 5.41) is 0. The van der Waals surface area contributed by atoms with Crippen LogP contribution in [0.25, 0.3) is 0 Å². The van der Waals surface area contributed by atoms with E-state index in [1.165, 1.54) is 12.1 Å². The van der Waals surface area contributed by atoms with Gasteiger partial charge in [-0.1, -0.05) is 22.0 Å². The maximum Gasteiger partial charge on any atom is 0.137 e. The molecular weight excluding hydrogens is 299 g/mol. The molecule has 0 aliphatic carbocycles. The minimum atomic E-state index is -0.311. The maximum atomic E-state index is 12.9. The molecule has 0 amide bonds. The Morgan fingerprint density at radius 1 is 1.33 bits per heavy atom. The highest BCUT2D eigenvalue weighted by molar-refractivity contribution is 9.10. The SMILES string of the molecule is O=C(CCc1ccco1)Cc1ccc(F)cc1Br. The van der Waals surface area contributed by atoms with Gasteiger partial charge in [-0.25, -0.2) is 4.39 Å². The molecule has 1 aromatic heterocycles. The van der Waals surface area contributed by atoms with Crippen LogP contribution in [-0.4, -0.2) is 5.78 Å². The first-order valence-corrected chi connectivity index (χ1v) is 6.42. The van der Waals surface area contributed by atoms with Crippen LogP contribution in [0.15, 0.2) is 45.5 Å². The van der Waals surface area contributed by atoms with Gasteiger partial charge in [0.2, 0.25) is 0 Å². The molecule has 1 aromatic carbocycles. The van der Waals surface area contributed by atoms with Gasteiger partial charge in [-0.15, -0.1) is 0 Å². The highest BCUT2D eigenvalue weighted by Crippen LogP contribution is 2.19. The predicted octanol–water partition coefficient (Wildman–Crippen LogP) is 3.93. The van der Waals surface area contributed by atoms with Crippen LogP contribution in [0.4, 0.5) is 4.39 Å². The summed E-state index contributed by atoms with van der Waals surface area (Å²) in [4.78, 5) is 11.8. The molecule has 18 heavy (non-hydrogen) atoms. The van der Waals surface area contributed by atoms with Crippen molar-refractivity contribution >= 4 is 21.7 Å². The first kappa shape index (κ1) is 13.0. The van der Waals surface area contributed by atoms with Crippen molar-refractivity contribution in [1.82, 2.24) is 0 Å². The number of benzene rings is 1. The molecule has 0 aliphatic rings. The van der Waals surface area contributed by atoms with Crippen LogP contribution in [0.1, 0.15) is 17.7 Å². The summed E-state index contributed by atoms with van der Waals surface area (Å²) in [6.07, 6.45) is 2.93. The van der Waals surface area contributed by atoms with Gasteiger partial charge >= 0.3 is 0 Å². The first-order valence-electron chi connectivity index (χ1n) is 5.63. The highest BCUT2D eigenvalue weighted by Gasteiger charge is 2.09. The summed E-state index contributed by atoms with van der Waals surface area (Å²) in [6, 6.07) is 8.01. The molecule has 0 atom stereocenters. The van der Waals surface area contributed by atoms with Crippen LogP contribution < -0.4 is 0 Å². The van der Waals surface area contributed by atoms with Crippen LogP contribution in [0.2, 0.25) is 0 Å². The van der Waals surface area contributed by atoms with Gasteiger partial charge in [0.05, 0.1) is 6.26 Å². The van der Waals surface area contributed by atoms with Gasteiger partial charge in [-0.05, 0) is 29.8 Å². The van der Waals surface area contributed by atoms with Crippen molar-refractivity contribution in [1.29, 1.82) is 0 Å². The number of Topliss-reactive ketones (excluding diaryl/α,β-unsaturated/α-hetero) is 1. The second-order valence-electron chi connectivity index (χ2n) is 4.03. The number of carbonyl (C=O) groups is 1. The van der Waals surface area contributed by atoms with E-state index in [1.54, 1.807) is 18.4 Å². The van der Waals surface area contributed by atoms with E-state index in [0.717, 1.165) is 11.3 Å². The summed E-state index contributed by atoms with van der Waals surface area (Å²) in [6.45, 7) is 0. The molecule has 4 heteroatoms. The Morgan fingerprint density at radius 3 is 2.83 bits per heavy atom. The van der Waals surface area contributed by atoms with E-state index in [-0.39, 0.29) is 11.6 Å². The molecule has 0 fully saturated rings. The predicted molar refractivity (Wildman–Crippen MR) is 69.8 cm³/mol. The molecule has 0 unspecified atom stereocenters. The number of ketones is 1. The van der Waals surface area contributed by atoms with Crippen molar-refractivity contribution in [3.8, 4) is 0 Å². The summed E-state index contributed by atoms with van der Waals surface area (Å²) in [5.41, 5.74) is 0.806. The van der Waals surface area contributed by atoms with Crippen LogP contribution in [-0.2, 0) is 17.6 Å². The zero-order valence-corrected chi connectivity index (χ0v) is 11.2. The molecule has 0 aliphatic heterocycles. The van der Waals surface area contributed by atoms with E-state index < -0.39 is 0 Å². The lowest BCUT2D eigenvalue weighted by Crippen LogP contribution is -2.04. The highest BCUT2D eigenvalue weighted by atomic mass is 79.9. The third-order valence-electron chi connectivity index (χ3n) is 2.63. The Balaban J connectivity index is 1.91. The molecule has 2 aromatic rings. The summed E-state index contributed by atoms with van der Waals surface area (Å²) < 4.78 is 18.7. The van der Waals surface area contributed by atoms with Crippen LogP contribution in [0.3, 0.4) is 0 Å². The van der Waals surface area contributed by atoms with Crippen LogP contribution >= 0.6 is 15.9 Å². The topological polar surface area (TPSA) is 30.2 Å². The Bertz CT molecular complexity index is 535. The fourth-order valence-electron chi connectivity index (χ4n) is 1.68. The molecule has 2 rings (SSSR count). The van der Waals surface area contributed by atoms with E-state index in [9.17, 15) is 9.18 Å². The van der Waals surface area contributed by atoms with Crippen molar-refractivity contribution in [3.05, 3.63) is 58.2 Å². The summed E-state index contributed by atoms with van der Waals surface area (Å²) in [5.74, 6) is 0.605. The summed E-state index contributed by atoms with van der Waals surface area (Å²) in [7, 11) is 0. The zero-order valence-electron chi connectivity index (χ0n) is 9.66. The van der Waals surface area contributed by atoms with E-state index >= 15 is 0 Å². The second kappa shape index (κ2) is 5.96. The minimum Gasteiger partial charge on any atom is -0.469 e. The average Bonchev–Trinajstić information content (AvgIpc) is 2.83. The Kier molecular flexibility index (Phi) is 4.31.